The van der Waals surface area contributed by atoms with Crippen LogP contribution in [-0.2, 0) is 4.79 Å². The Morgan fingerprint density at radius 3 is 2.73 bits per heavy atom. The topological polar surface area (TPSA) is 98.3 Å². The number of halogens is 1. The van der Waals surface area contributed by atoms with Gasteiger partial charge in [-0.3, -0.25) is 14.9 Å². The van der Waals surface area contributed by atoms with Crippen LogP contribution in [0.25, 0.3) is 0 Å². The van der Waals surface area contributed by atoms with E-state index >= 15 is 0 Å². The minimum Gasteiger partial charge on any atom is -0.375 e. The fourth-order valence-corrected chi connectivity index (χ4v) is 1.18. The van der Waals surface area contributed by atoms with Crippen LogP contribution in [0.1, 0.15) is 0 Å². The Morgan fingerprint density at radius 1 is 1.60 bits per heavy atom. The molecular weight excluding hydrogens is 222 g/mol. The third-order valence-electron chi connectivity index (χ3n) is 1.62. The van der Waals surface area contributed by atoms with Crippen LogP contribution < -0.4 is 11.1 Å². The van der Waals surface area contributed by atoms with Crippen molar-refractivity contribution in [3.8, 4) is 0 Å². The number of carbonyl (C=O) groups excluding carboxylic acids is 1. The van der Waals surface area contributed by atoms with Crippen LogP contribution in [0.5, 0.6) is 0 Å². The molecule has 80 valence electrons. The number of primary amides is 1. The van der Waals surface area contributed by atoms with Gasteiger partial charge in [-0.25, -0.2) is 0 Å². The van der Waals surface area contributed by atoms with Gasteiger partial charge < -0.3 is 11.1 Å². The lowest BCUT2D eigenvalue weighted by molar-refractivity contribution is -0.384. The first-order chi connectivity index (χ1) is 7.00. The van der Waals surface area contributed by atoms with Crippen LogP contribution in [0, 0.1) is 10.1 Å². The molecule has 0 radical (unpaired) electrons. The zero-order chi connectivity index (χ0) is 11.4. The summed E-state index contributed by atoms with van der Waals surface area (Å²) >= 11 is 5.74. The van der Waals surface area contributed by atoms with E-state index in [9.17, 15) is 14.9 Å². The SMILES string of the molecule is NC(=O)CNc1ccc([N+](=O)[O-])cc1Cl. The van der Waals surface area contributed by atoms with Crippen molar-refractivity contribution in [1.29, 1.82) is 0 Å². The van der Waals surface area contributed by atoms with Crippen LogP contribution in [0.15, 0.2) is 18.2 Å². The number of nitrogens with zero attached hydrogens (tertiary/aromatic N) is 1. The second kappa shape index (κ2) is 4.61. The summed E-state index contributed by atoms with van der Waals surface area (Å²) in [5.74, 6) is -0.538. The van der Waals surface area contributed by atoms with Gasteiger partial charge in [-0.05, 0) is 6.07 Å². The van der Waals surface area contributed by atoms with Crippen molar-refractivity contribution in [2.75, 3.05) is 11.9 Å². The molecule has 0 aliphatic rings. The minimum absolute atomic E-state index is 0.0719. The number of carbonyl (C=O) groups is 1. The standard InChI is InChI=1S/C8H8ClN3O3/c9-6-3-5(12(14)15)1-2-7(6)11-4-8(10)13/h1-3,11H,4H2,(H2,10,13). The number of nitrogens with one attached hydrogen (secondary N) is 1. The third kappa shape index (κ3) is 3.10. The first-order valence-corrected chi connectivity index (χ1v) is 4.34. The van der Waals surface area contributed by atoms with E-state index in [1.165, 1.54) is 18.2 Å². The maximum absolute atomic E-state index is 10.5. The summed E-state index contributed by atoms with van der Waals surface area (Å²) in [5, 5.41) is 13.2. The number of non-ortho nitro benzene ring substituents is 1. The Balaban J connectivity index is 2.83. The van der Waals surface area contributed by atoms with E-state index in [0.29, 0.717) is 5.69 Å². The van der Waals surface area contributed by atoms with E-state index in [1.807, 2.05) is 0 Å². The van der Waals surface area contributed by atoms with Crippen LogP contribution >= 0.6 is 11.6 Å². The summed E-state index contributed by atoms with van der Waals surface area (Å²) in [7, 11) is 0. The maximum atomic E-state index is 10.5. The highest BCUT2D eigenvalue weighted by Crippen LogP contribution is 2.26. The van der Waals surface area contributed by atoms with Crippen LogP contribution in [0.2, 0.25) is 5.02 Å². The molecule has 0 unspecified atom stereocenters. The number of benzene rings is 1. The highest BCUT2D eigenvalue weighted by molar-refractivity contribution is 6.33. The Hall–Kier alpha value is -1.82. The highest BCUT2D eigenvalue weighted by Gasteiger charge is 2.09. The lowest BCUT2D eigenvalue weighted by atomic mass is 10.3. The number of rotatable bonds is 4. The van der Waals surface area contributed by atoms with Gasteiger partial charge in [0.25, 0.3) is 5.69 Å². The van der Waals surface area contributed by atoms with E-state index in [0.717, 1.165) is 0 Å². The molecule has 7 heteroatoms. The lowest BCUT2D eigenvalue weighted by Crippen LogP contribution is -2.21. The molecule has 15 heavy (non-hydrogen) atoms. The number of amides is 1. The second-order valence-corrected chi connectivity index (χ2v) is 3.15. The molecule has 1 amide bonds. The predicted molar refractivity (Wildman–Crippen MR) is 55.8 cm³/mol. The summed E-state index contributed by atoms with van der Waals surface area (Å²) in [5.41, 5.74) is 5.24. The van der Waals surface area contributed by atoms with E-state index in [1.54, 1.807) is 0 Å². The van der Waals surface area contributed by atoms with Crippen LogP contribution in [0.4, 0.5) is 11.4 Å². The first kappa shape index (κ1) is 11.3. The molecule has 1 aromatic carbocycles. The zero-order valence-corrected chi connectivity index (χ0v) is 8.32. The summed E-state index contributed by atoms with van der Waals surface area (Å²) in [6, 6.07) is 3.91. The summed E-state index contributed by atoms with van der Waals surface area (Å²) in [6.45, 7) is -0.0719. The number of nitro benzene ring substituents is 1. The monoisotopic (exact) mass is 229 g/mol. The van der Waals surface area contributed by atoms with Crippen molar-refractivity contribution in [3.05, 3.63) is 33.3 Å². The Bertz CT molecular complexity index is 408. The molecular formula is C8H8ClN3O3. The molecule has 0 aromatic heterocycles. The molecule has 0 aliphatic heterocycles. The smallest absolute Gasteiger partial charge is 0.271 e. The number of nitro groups is 1. The third-order valence-corrected chi connectivity index (χ3v) is 1.93. The highest BCUT2D eigenvalue weighted by atomic mass is 35.5. The van der Waals surface area contributed by atoms with Crippen molar-refractivity contribution in [2.24, 2.45) is 5.73 Å². The van der Waals surface area contributed by atoms with E-state index in [2.05, 4.69) is 5.32 Å². The van der Waals surface area contributed by atoms with Gasteiger partial charge >= 0.3 is 0 Å². The van der Waals surface area contributed by atoms with Gasteiger partial charge in [-0.2, -0.15) is 0 Å². The van der Waals surface area contributed by atoms with Crippen molar-refractivity contribution in [1.82, 2.24) is 0 Å². The minimum atomic E-state index is -0.552. The number of hydrogen-bond donors (Lipinski definition) is 2. The van der Waals surface area contributed by atoms with Gasteiger partial charge in [0.2, 0.25) is 5.91 Å². The number of hydrogen-bond acceptors (Lipinski definition) is 4. The Labute approximate surface area is 90.2 Å². The normalized spacial score (nSPS) is 9.67. The zero-order valence-electron chi connectivity index (χ0n) is 7.57. The Morgan fingerprint density at radius 2 is 2.27 bits per heavy atom. The van der Waals surface area contributed by atoms with Crippen molar-refractivity contribution < 1.29 is 9.72 Å². The largest absolute Gasteiger partial charge is 0.375 e. The van der Waals surface area contributed by atoms with Gasteiger partial charge in [0, 0.05) is 12.1 Å². The molecule has 0 saturated carbocycles. The second-order valence-electron chi connectivity index (χ2n) is 2.74. The molecule has 0 bridgehead atoms. The molecule has 0 spiro atoms. The van der Waals surface area contributed by atoms with Gasteiger partial charge in [0.1, 0.15) is 0 Å². The average Bonchev–Trinajstić information content (AvgIpc) is 2.15. The molecule has 3 N–H and O–H groups in total. The van der Waals surface area contributed by atoms with Crippen molar-refractivity contribution in [2.45, 2.75) is 0 Å². The van der Waals surface area contributed by atoms with Gasteiger partial charge in [-0.15, -0.1) is 0 Å². The van der Waals surface area contributed by atoms with E-state index in [-0.39, 0.29) is 17.3 Å². The van der Waals surface area contributed by atoms with Crippen molar-refractivity contribution >= 4 is 28.9 Å². The molecule has 0 saturated heterocycles. The lowest BCUT2D eigenvalue weighted by Gasteiger charge is -2.05. The molecule has 0 aliphatic carbocycles. The molecule has 1 rings (SSSR count). The van der Waals surface area contributed by atoms with E-state index in [4.69, 9.17) is 17.3 Å². The fraction of sp³-hybridized carbons (Fsp3) is 0.125. The number of anilines is 1. The quantitative estimate of drug-likeness (QED) is 0.598. The van der Waals surface area contributed by atoms with Crippen LogP contribution in [-0.4, -0.2) is 17.4 Å². The molecule has 6 nitrogen and oxygen atoms in total. The Kier molecular flexibility index (Phi) is 3.46. The summed E-state index contributed by atoms with van der Waals surface area (Å²) in [4.78, 5) is 20.3. The van der Waals surface area contributed by atoms with Gasteiger partial charge in [0.05, 0.1) is 22.2 Å². The van der Waals surface area contributed by atoms with Crippen molar-refractivity contribution in [3.63, 3.8) is 0 Å². The number of nitrogens with two attached hydrogens (primary N) is 1. The molecule has 0 atom stereocenters. The molecule has 0 heterocycles. The summed E-state index contributed by atoms with van der Waals surface area (Å²) < 4.78 is 0. The summed E-state index contributed by atoms with van der Waals surface area (Å²) in [6.07, 6.45) is 0. The van der Waals surface area contributed by atoms with Crippen LogP contribution in [0.3, 0.4) is 0 Å². The molecule has 1 aromatic rings. The first-order valence-electron chi connectivity index (χ1n) is 3.97. The predicted octanol–water partition coefficient (Wildman–Crippen LogP) is 1.15. The van der Waals surface area contributed by atoms with Gasteiger partial charge in [0.15, 0.2) is 0 Å². The fourth-order valence-electron chi connectivity index (χ4n) is 0.943. The van der Waals surface area contributed by atoms with E-state index < -0.39 is 10.8 Å². The van der Waals surface area contributed by atoms with Gasteiger partial charge in [-0.1, -0.05) is 11.6 Å². The average molecular weight is 230 g/mol. The molecule has 0 fully saturated rings. The maximum Gasteiger partial charge on any atom is 0.271 e.